The molecule has 0 radical (unpaired) electrons. The van der Waals surface area contributed by atoms with Crippen LogP contribution in [0.3, 0.4) is 0 Å². The highest BCUT2D eigenvalue weighted by atomic mass is 35.5. The largest absolute Gasteiger partial charge is 0.493 e. The van der Waals surface area contributed by atoms with E-state index in [4.69, 9.17) is 44.3 Å². The van der Waals surface area contributed by atoms with Gasteiger partial charge in [0.2, 0.25) is 0 Å². The molecule has 180 valence electrons. The third-order valence-corrected chi connectivity index (χ3v) is 6.29. The lowest BCUT2D eigenvalue weighted by molar-refractivity contribution is -0.112. The van der Waals surface area contributed by atoms with Crippen molar-refractivity contribution in [1.82, 2.24) is 0 Å². The van der Waals surface area contributed by atoms with Crippen molar-refractivity contribution < 1.29 is 14.3 Å². The highest BCUT2D eigenvalue weighted by molar-refractivity contribution is 6.40. The number of carbonyl (C=O) groups is 1. The summed E-state index contributed by atoms with van der Waals surface area (Å²) in [5, 5.41) is 15.1. The Hall–Kier alpha value is -3.69. The van der Waals surface area contributed by atoms with Crippen molar-refractivity contribution in [3.8, 4) is 17.6 Å². The number of fused-ring (bicyclic) bond motifs is 1. The zero-order chi connectivity index (χ0) is 25.7. The summed E-state index contributed by atoms with van der Waals surface area (Å²) in [4.78, 5) is 12.7. The molecule has 8 heteroatoms. The molecule has 0 saturated heterocycles. The molecule has 0 saturated carbocycles. The minimum atomic E-state index is -0.668. The lowest BCUT2D eigenvalue weighted by atomic mass is 10.1. The van der Waals surface area contributed by atoms with Gasteiger partial charge in [-0.05, 0) is 52.2 Å². The van der Waals surface area contributed by atoms with Crippen molar-refractivity contribution in [1.29, 1.82) is 5.26 Å². The van der Waals surface area contributed by atoms with E-state index in [1.165, 1.54) is 13.2 Å². The van der Waals surface area contributed by atoms with Crippen LogP contribution in [0.15, 0.2) is 78.4 Å². The molecule has 0 bridgehead atoms. The number of carbonyl (C=O) groups excluding carboxylic acids is 1. The number of amides is 1. The number of nitrogens with one attached hydrogen (secondary N) is 1. The fraction of sp³-hybridized carbons (Fsp3) is 0.0714. The quantitative estimate of drug-likeness (QED) is 0.192. The molecule has 0 aliphatic heterocycles. The summed E-state index contributed by atoms with van der Waals surface area (Å²) in [6.45, 7) is 0.275. The van der Waals surface area contributed by atoms with E-state index in [2.05, 4.69) is 5.32 Å². The van der Waals surface area contributed by atoms with Crippen molar-refractivity contribution in [2.75, 3.05) is 12.4 Å². The Balaban J connectivity index is 1.59. The van der Waals surface area contributed by atoms with E-state index in [9.17, 15) is 10.1 Å². The summed E-state index contributed by atoms with van der Waals surface area (Å²) in [5.74, 6) is 0.0507. The molecule has 0 aliphatic rings. The van der Waals surface area contributed by atoms with E-state index < -0.39 is 5.91 Å². The number of ether oxygens (including phenoxy) is 2. The van der Waals surface area contributed by atoms with E-state index in [1.807, 2.05) is 48.5 Å². The molecule has 4 aromatic rings. The molecule has 4 aromatic carbocycles. The Morgan fingerprint density at radius 2 is 1.67 bits per heavy atom. The van der Waals surface area contributed by atoms with Gasteiger partial charge in [-0.3, -0.25) is 4.79 Å². The smallest absolute Gasteiger partial charge is 0.266 e. The number of methoxy groups -OCH3 is 1. The monoisotopic (exact) mass is 536 g/mol. The van der Waals surface area contributed by atoms with Crippen molar-refractivity contribution in [2.24, 2.45) is 0 Å². The number of benzene rings is 4. The zero-order valence-corrected chi connectivity index (χ0v) is 21.3. The van der Waals surface area contributed by atoms with E-state index in [-0.39, 0.29) is 32.9 Å². The van der Waals surface area contributed by atoms with Gasteiger partial charge in [-0.1, -0.05) is 83.3 Å². The summed E-state index contributed by atoms with van der Waals surface area (Å²) in [5.41, 5.74) is 1.52. The molecule has 1 amide bonds. The number of halogens is 3. The van der Waals surface area contributed by atoms with Gasteiger partial charge in [0, 0.05) is 0 Å². The lowest BCUT2D eigenvalue weighted by Crippen LogP contribution is -2.14. The molecule has 4 rings (SSSR count). The van der Waals surface area contributed by atoms with Crippen LogP contribution in [-0.2, 0) is 11.4 Å². The maximum atomic E-state index is 12.7. The number of hydrogen-bond donors (Lipinski definition) is 1. The molecule has 5 nitrogen and oxygen atoms in total. The summed E-state index contributed by atoms with van der Waals surface area (Å²) in [7, 11) is 1.49. The molecule has 0 fully saturated rings. The Labute approximate surface area is 223 Å². The molecule has 0 unspecified atom stereocenters. The third-order valence-electron chi connectivity index (χ3n) is 5.38. The second-order valence-electron chi connectivity index (χ2n) is 7.68. The minimum absolute atomic E-state index is 0.173. The molecular formula is C28H19Cl3N2O3. The van der Waals surface area contributed by atoms with Crippen LogP contribution >= 0.6 is 34.8 Å². The summed E-state index contributed by atoms with van der Waals surface area (Å²) >= 11 is 18.8. The maximum absolute atomic E-state index is 12.7. The van der Waals surface area contributed by atoms with Gasteiger partial charge < -0.3 is 14.8 Å². The predicted octanol–water partition coefficient (Wildman–Crippen LogP) is 7.93. The highest BCUT2D eigenvalue weighted by Crippen LogP contribution is 2.38. The zero-order valence-electron chi connectivity index (χ0n) is 19.0. The lowest BCUT2D eigenvalue weighted by Gasteiger charge is -2.15. The second-order valence-corrected chi connectivity index (χ2v) is 8.90. The number of anilines is 1. The molecule has 0 aliphatic carbocycles. The van der Waals surface area contributed by atoms with Crippen LogP contribution in [0.1, 0.15) is 11.1 Å². The van der Waals surface area contributed by atoms with Crippen LogP contribution in [0.2, 0.25) is 15.1 Å². The molecule has 0 atom stereocenters. The number of para-hydroxylation sites is 1. The third kappa shape index (κ3) is 5.58. The average Bonchev–Trinajstić information content (AvgIpc) is 2.88. The minimum Gasteiger partial charge on any atom is -0.493 e. The normalized spacial score (nSPS) is 11.1. The molecule has 0 aromatic heterocycles. The van der Waals surface area contributed by atoms with Gasteiger partial charge in [0.05, 0.1) is 27.9 Å². The average molecular weight is 538 g/mol. The van der Waals surface area contributed by atoms with Crippen LogP contribution in [-0.4, -0.2) is 13.0 Å². The second kappa shape index (κ2) is 11.4. The van der Waals surface area contributed by atoms with E-state index in [0.29, 0.717) is 17.1 Å². The van der Waals surface area contributed by atoms with Gasteiger partial charge in [-0.25, -0.2) is 0 Å². The van der Waals surface area contributed by atoms with Gasteiger partial charge in [0.25, 0.3) is 5.91 Å². The topological polar surface area (TPSA) is 71.3 Å². The number of nitrogens with zero attached hydrogens (tertiary/aromatic N) is 1. The Bertz CT molecular complexity index is 1500. The maximum Gasteiger partial charge on any atom is 0.266 e. The van der Waals surface area contributed by atoms with Crippen LogP contribution in [0.4, 0.5) is 5.69 Å². The Kier molecular flexibility index (Phi) is 8.02. The van der Waals surface area contributed by atoms with Gasteiger partial charge in [0.1, 0.15) is 18.2 Å². The highest BCUT2D eigenvalue weighted by Gasteiger charge is 2.16. The van der Waals surface area contributed by atoms with Gasteiger partial charge >= 0.3 is 0 Å². The van der Waals surface area contributed by atoms with Crippen LogP contribution < -0.4 is 14.8 Å². The fourth-order valence-corrected chi connectivity index (χ4v) is 4.41. The van der Waals surface area contributed by atoms with Crippen molar-refractivity contribution in [3.05, 3.63) is 105 Å². The van der Waals surface area contributed by atoms with Crippen molar-refractivity contribution >= 4 is 63.2 Å². The van der Waals surface area contributed by atoms with E-state index in [0.717, 1.165) is 16.3 Å². The van der Waals surface area contributed by atoms with Crippen LogP contribution in [0, 0.1) is 11.3 Å². The first kappa shape index (κ1) is 25.4. The first-order chi connectivity index (χ1) is 17.4. The molecular weight excluding hydrogens is 519 g/mol. The Morgan fingerprint density at radius 1 is 0.972 bits per heavy atom. The fourth-order valence-electron chi connectivity index (χ4n) is 3.64. The molecule has 1 N–H and O–H groups in total. The standard InChI is InChI=1S/C28H19Cl3N2O3/c1-35-25-14-17(12-20(15-32)28(34)33-26-22(29)10-5-11-23(26)30)13-24(31)27(25)36-16-19-8-4-7-18-6-2-3-9-21(18)19/h2-14H,16H2,1H3,(H,33,34)/b20-12+. The van der Waals surface area contributed by atoms with Crippen LogP contribution in [0.5, 0.6) is 11.5 Å². The molecule has 0 spiro atoms. The molecule has 36 heavy (non-hydrogen) atoms. The summed E-state index contributed by atoms with van der Waals surface area (Å²) in [6, 6.07) is 24.0. The van der Waals surface area contributed by atoms with Gasteiger partial charge in [0.15, 0.2) is 11.5 Å². The van der Waals surface area contributed by atoms with E-state index in [1.54, 1.807) is 30.3 Å². The summed E-state index contributed by atoms with van der Waals surface area (Å²) in [6.07, 6.45) is 1.39. The van der Waals surface area contributed by atoms with Crippen LogP contribution in [0.25, 0.3) is 16.8 Å². The number of hydrogen-bond acceptors (Lipinski definition) is 4. The molecule has 0 heterocycles. The summed E-state index contributed by atoms with van der Waals surface area (Å²) < 4.78 is 11.5. The first-order valence-corrected chi connectivity index (χ1v) is 11.9. The predicted molar refractivity (Wildman–Crippen MR) is 145 cm³/mol. The van der Waals surface area contributed by atoms with E-state index >= 15 is 0 Å². The Morgan fingerprint density at radius 3 is 2.39 bits per heavy atom. The first-order valence-electron chi connectivity index (χ1n) is 10.8. The van der Waals surface area contributed by atoms with Crippen molar-refractivity contribution in [2.45, 2.75) is 6.61 Å². The number of rotatable bonds is 7. The SMILES string of the molecule is COc1cc(/C=C(\C#N)C(=O)Nc2c(Cl)cccc2Cl)cc(Cl)c1OCc1cccc2ccccc12. The van der Waals surface area contributed by atoms with Crippen molar-refractivity contribution in [3.63, 3.8) is 0 Å². The number of nitriles is 1. The van der Waals surface area contributed by atoms with Gasteiger partial charge in [-0.15, -0.1) is 0 Å². The van der Waals surface area contributed by atoms with Gasteiger partial charge in [-0.2, -0.15) is 5.26 Å².